The molecule has 4 heteroatoms. The lowest BCUT2D eigenvalue weighted by Gasteiger charge is -2.19. The fraction of sp³-hybridized carbons (Fsp3) is 0.429. The number of nitrogens with one attached hydrogen (secondary N) is 1. The summed E-state index contributed by atoms with van der Waals surface area (Å²) in [7, 11) is 1.34. The van der Waals surface area contributed by atoms with Gasteiger partial charge in [0.15, 0.2) is 0 Å². The number of rotatable bonds is 5. The lowest BCUT2D eigenvalue weighted by Crippen LogP contribution is -2.41. The molecule has 0 saturated heterocycles. The van der Waals surface area contributed by atoms with Gasteiger partial charge < -0.3 is 10.1 Å². The van der Waals surface area contributed by atoms with Crippen LogP contribution >= 0.6 is 0 Å². The minimum Gasteiger partial charge on any atom is -0.469 e. The molecule has 0 spiro atoms. The van der Waals surface area contributed by atoms with Gasteiger partial charge in [0.2, 0.25) is 5.91 Å². The summed E-state index contributed by atoms with van der Waals surface area (Å²) < 4.78 is 4.64. The van der Waals surface area contributed by atoms with E-state index in [4.69, 9.17) is 0 Å². The fourth-order valence-corrected chi connectivity index (χ4v) is 1.60. The number of hydrogen-bond donors (Lipinski definition) is 1. The smallest absolute Gasteiger partial charge is 0.310 e. The zero-order chi connectivity index (χ0) is 13.5. The van der Waals surface area contributed by atoms with E-state index in [1.807, 2.05) is 30.3 Å². The monoisotopic (exact) mass is 249 g/mol. The van der Waals surface area contributed by atoms with Crippen LogP contribution in [0.25, 0.3) is 0 Å². The first-order valence-corrected chi connectivity index (χ1v) is 5.95. The van der Waals surface area contributed by atoms with Crippen molar-refractivity contribution in [2.45, 2.75) is 26.3 Å². The molecule has 4 nitrogen and oxygen atoms in total. The topological polar surface area (TPSA) is 55.4 Å². The van der Waals surface area contributed by atoms with Crippen LogP contribution in [0.5, 0.6) is 0 Å². The number of benzene rings is 1. The highest BCUT2D eigenvalue weighted by molar-refractivity contribution is 5.80. The molecule has 0 fully saturated rings. The Kier molecular flexibility index (Phi) is 5.36. The lowest BCUT2D eigenvalue weighted by atomic mass is 10.0. The molecule has 1 amide bonds. The third-order valence-electron chi connectivity index (χ3n) is 2.92. The Hall–Kier alpha value is -1.84. The first kappa shape index (κ1) is 14.2. The zero-order valence-electron chi connectivity index (χ0n) is 11.0. The quantitative estimate of drug-likeness (QED) is 0.805. The first-order chi connectivity index (χ1) is 8.54. The molecule has 0 aromatic heterocycles. The second kappa shape index (κ2) is 6.79. The van der Waals surface area contributed by atoms with Gasteiger partial charge in [-0.05, 0) is 19.4 Å². The van der Waals surface area contributed by atoms with Gasteiger partial charge in [0.25, 0.3) is 0 Å². The van der Waals surface area contributed by atoms with Crippen molar-refractivity contribution in [3.05, 3.63) is 35.9 Å². The highest BCUT2D eigenvalue weighted by atomic mass is 16.5. The number of esters is 1. The molecular formula is C14H19NO3. The van der Waals surface area contributed by atoms with Gasteiger partial charge in [-0.25, -0.2) is 0 Å². The molecule has 0 heterocycles. The largest absolute Gasteiger partial charge is 0.469 e. The molecule has 0 aliphatic carbocycles. The van der Waals surface area contributed by atoms with Gasteiger partial charge in [-0.3, -0.25) is 9.59 Å². The van der Waals surface area contributed by atoms with E-state index in [0.29, 0.717) is 6.42 Å². The van der Waals surface area contributed by atoms with Gasteiger partial charge in [-0.1, -0.05) is 30.3 Å². The molecule has 1 aromatic rings. The summed E-state index contributed by atoms with van der Waals surface area (Å²) in [5.41, 5.74) is 0.952. The van der Waals surface area contributed by atoms with Gasteiger partial charge >= 0.3 is 5.97 Å². The maximum atomic E-state index is 11.8. The Morgan fingerprint density at radius 2 is 1.83 bits per heavy atom. The molecule has 0 radical (unpaired) electrons. The Bertz CT molecular complexity index is 403. The normalized spacial score (nSPS) is 13.5. The molecule has 1 aromatic carbocycles. The van der Waals surface area contributed by atoms with Crippen molar-refractivity contribution < 1.29 is 14.3 Å². The predicted octanol–water partition coefficient (Wildman–Crippen LogP) is 1.54. The van der Waals surface area contributed by atoms with Crippen LogP contribution in [0.1, 0.15) is 19.4 Å². The summed E-state index contributed by atoms with van der Waals surface area (Å²) in [6, 6.07) is 9.24. The summed E-state index contributed by atoms with van der Waals surface area (Å²) >= 11 is 0. The van der Waals surface area contributed by atoms with Crippen molar-refractivity contribution in [1.82, 2.24) is 5.32 Å². The van der Waals surface area contributed by atoms with Crippen LogP contribution in [0.2, 0.25) is 0 Å². The Morgan fingerprint density at radius 1 is 1.22 bits per heavy atom. The molecule has 18 heavy (non-hydrogen) atoms. The van der Waals surface area contributed by atoms with Crippen molar-refractivity contribution >= 4 is 11.9 Å². The van der Waals surface area contributed by atoms with Gasteiger partial charge in [0, 0.05) is 6.04 Å². The van der Waals surface area contributed by atoms with Gasteiger partial charge in [0.1, 0.15) is 0 Å². The first-order valence-electron chi connectivity index (χ1n) is 5.95. The molecule has 0 unspecified atom stereocenters. The molecular weight excluding hydrogens is 230 g/mol. The predicted molar refractivity (Wildman–Crippen MR) is 68.9 cm³/mol. The van der Waals surface area contributed by atoms with Crippen LogP contribution in [0.3, 0.4) is 0 Å². The average Bonchev–Trinajstić information content (AvgIpc) is 2.37. The van der Waals surface area contributed by atoms with E-state index >= 15 is 0 Å². The van der Waals surface area contributed by atoms with E-state index in [1.54, 1.807) is 13.8 Å². The molecule has 1 rings (SSSR count). The molecule has 0 saturated carbocycles. The van der Waals surface area contributed by atoms with Crippen molar-refractivity contribution in [2.24, 2.45) is 5.92 Å². The van der Waals surface area contributed by atoms with Gasteiger partial charge in [0.05, 0.1) is 19.4 Å². The minimum absolute atomic E-state index is 0.0931. The number of carbonyl (C=O) groups excluding carboxylic acids is 2. The van der Waals surface area contributed by atoms with Crippen molar-refractivity contribution in [3.8, 4) is 0 Å². The van der Waals surface area contributed by atoms with Crippen LogP contribution in [-0.4, -0.2) is 25.0 Å². The maximum Gasteiger partial charge on any atom is 0.310 e. The molecule has 0 aliphatic rings. The molecule has 2 atom stereocenters. The van der Waals surface area contributed by atoms with Crippen molar-refractivity contribution in [3.63, 3.8) is 0 Å². The third kappa shape index (κ3) is 4.20. The SMILES string of the molecule is COC(=O)[C@@H](C)[C@H](C)NC(=O)Cc1ccccc1. The Morgan fingerprint density at radius 3 is 2.39 bits per heavy atom. The summed E-state index contributed by atoms with van der Waals surface area (Å²) in [6.07, 6.45) is 0.319. The highest BCUT2D eigenvalue weighted by Gasteiger charge is 2.22. The van der Waals surface area contributed by atoms with Crippen molar-refractivity contribution in [2.75, 3.05) is 7.11 Å². The van der Waals surface area contributed by atoms with Crippen LogP contribution in [-0.2, 0) is 20.7 Å². The molecule has 0 bridgehead atoms. The Labute approximate surface area is 107 Å². The van der Waals surface area contributed by atoms with Gasteiger partial charge in [-0.2, -0.15) is 0 Å². The fourth-order valence-electron chi connectivity index (χ4n) is 1.60. The number of carbonyl (C=O) groups is 2. The third-order valence-corrected chi connectivity index (χ3v) is 2.92. The summed E-state index contributed by atoms with van der Waals surface area (Å²) in [6.45, 7) is 3.53. The minimum atomic E-state index is -0.352. The van der Waals surface area contributed by atoms with E-state index in [9.17, 15) is 9.59 Å². The number of methoxy groups -OCH3 is 1. The van der Waals surface area contributed by atoms with E-state index in [0.717, 1.165) is 5.56 Å². The highest BCUT2D eigenvalue weighted by Crippen LogP contribution is 2.06. The summed E-state index contributed by atoms with van der Waals surface area (Å²) in [5.74, 6) is -0.762. The standard InChI is InChI=1S/C14H19NO3/c1-10(14(17)18-3)11(2)15-13(16)9-12-7-5-4-6-8-12/h4-8,10-11H,9H2,1-3H3,(H,15,16)/t10-,11-/m0/s1. The number of hydrogen-bond acceptors (Lipinski definition) is 3. The van der Waals surface area contributed by atoms with Crippen LogP contribution < -0.4 is 5.32 Å². The summed E-state index contributed by atoms with van der Waals surface area (Å²) in [5, 5.41) is 2.80. The van der Waals surface area contributed by atoms with Crippen LogP contribution in [0.15, 0.2) is 30.3 Å². The number of ether oxygens (including phenoxy) is 1. The van der Waals surface area contributed by atoms with E-state index in [1.165, 1.54) is 7.11 Å². The zero-order valence-corrected chi connectivity index (χ0v) is 11.0. The summed E-state index contributed by atoms with van der Waals surface area (Å²) in [4.78, 5) is 23.1. The molecule has 98 valence electrons. The molecule has 0 aliphatic heterocycles. The second-order valence-corrected chi connectivity index (χ2v) is 4.33. The van der Waals surface area contributed by atoms with Crippen molar-refractivity contribution in [1.29, 1.82) is 0 Å². The van der Waals surface area contributed by atoms with Crippen LogP contribution in [0, 0.1) is 5.92 Å². The lowest BCUT2D eigenvalue weighted by molar-refractivity contribution is -0.145. The van der Waals surface area contributed by atoms with E-state index < -0.39 is 0 Å². The molecule has 1 N–H and O–H groups in total. The maximum absolute atomic E-state index is 11.8. The van der Waals surface area contributed by atoms with Crippen LogP contribution in [0.4, 0.5) is 0 Å². The van der Waals surface area contributed by atoms with Gasteiger partial charge in [-0.15, -0.1) is 0 Å². The Balaban J connectivity index is 2.47. The second-order valence-electron chi connectivity index (χ2n) is 4.33. The van der Waals surface area contributed by atoms with E-state index in [2.05, 4.69) is 10.1 Å². The number of amides is 1. The average molecular weight is 249 g/mol. The van der Waals surface area contributed by atoms with E-state index in [-0.39, 0.29) is 23.8 Å².